The predicted octanol–water partition coefficient (Wildman–Crippen LogP) is 4.66. The summed E-state index contributed by atoms with van der Waals surface area (Å²) in [5, 5.41) is 0. The lowest BCUT2D eigenvalue weighted by Crippen LogP contribution is -2.19. The molecule has 0 unspecified atom stereocenters. The van der Waals surface area contributed by atoms with Crippen molar-refractivity contribution < 1.29 is 19.1 Å². The molecule has 3 rings (SSSR count). The van der Waals surface area contributed by atoms with Gasteiger partial charge in [0.05, 0.1) is 0 Å². The molecule has 0 saturated heterocycles. The van der Waals surface area contributed by atoms with Gasteiger partial charge in [0.15, 0.2) is 13.2 Å². The minimum atomic E-state index is -0.584. The molecule has 0 aliphatic heterocycles. The molecule has 0 radical (unpaired) electrons. The summed E-state index contributed by atoms with van der Waals surface area (Å²) in [6.45, 7) is 3.25. The van der Waals surface area contributed by atoms with Crippen LogP contribution in [0.2, 0.25) is 0 Å². The van der Waals surface area contributed by atoms with Gasteiger partial charge in [-0.25, -0.2) is 4.79 Å². The quantitative estimate of drug-likeness (QED) is 0.395. The number of aryl methyl sites for hydroxylation is 1. The number of ketones is 1. The van der Waals surface area contributed by atoms with Crippen LogP contribution in [0, 0.1) is 13.8 Å². The number of Topliss-reactive ketones (excluding diaryl/α,β-unsaturated/α-hetero) is 1. The fourth-order valence-corrected chi connectivity index (χ4v) is 3.22. The van der Waals surface area contributed by atoms with Gasteiger partial charge >= 0.3 is 5.97 Å². The van der Waals surface area contributed by atoms with Crippen LogP contribution < -0.4 is 4.74 Å². The van der Waals surface area contributed by atoms with E-state index in [9.17, 15) is 9.59 Å². The Morgan fingerprint density at radius 3 is 2.32 bits per heavy atom. The molecule has 3 aromatic rings. The van der Waals surface area contributed by atoms with Gasteiger partial charge in [-0.15, -0.1) is 0 Å². The van der Waals surface area contributed by atoms with Crippen LogP contribution in [0.15, 0.2) is 65.1 Å². The van der Waals surface area contributed by atoms with Crippen LogP contribution in [-0.2, 0) is 9.53 Å². The van der Waals surface area contributed by atoms with Gasteiger partial charge in [0.25, 0.3) is 0 Å². The number of hydrogen-bond donors (Lipinski definition) is 0. The van der Waals surface area contributed by atoms with Crippen molar-refractivity contribution in [1.29, 1.82) is 0 Å². The van der Waals surface area contributed by atoms with E-state index in [2.05, 4.69) is 15.9 Å². The van der Waals surface area contributed by atoms with E-state index in [1.807, 2.05) is 66.9 Å². The summed E-state index contributed by atoms with van der Waals surface area (Å²) in [5.74, 6) is -0.257. The summed E-state index contributed by atoms with van der Waals surface area (Å²) in [5.41, 5.74) is 3.24. The van der Waals surface area contributed by atoms with E-state index < -0.39 is 5.97 Å². The molecule has 0 saturated carbocycles. The maximum atomic E-state index is 12.6. The number of benzene rings is 2. The van der Waals surface area contributed by atoms with Crippen molar-refractivity contribution in [3.05, 3.63) is 82.1 Å². The van der Waals surface area contributed by atoms with Crippen molar-refractivity contribution >= 4 is 27.7 Å². The molecule has 1 heterocycles. The van der Waals surface area contributed by atoms with Crippen LogP contribution in [0.25, 0.3) is 5.69 Å². The van der Waals surface area contributed by atoms with Crippen LogP contribution >= 0.6 is 15.9 Å². The van der Waals surface area contributed by atoms with Crippen molar-refractivity contribution in [2.45, 2.75) is 13.8 Å². The lowest BCUT2D eigenvalue weighted by molar-refractivity contribution is -0.144. The third-order valence-corrected chi connectivity index (χ3v) is 4.81. The van der Waals surface area contributed by atoms with E-state index in [1.54, 1.807) is 12.1 Å². The molecule has 0 bridgehead atoms. The first-order valence-corrected chi connectivity index (χ1v) is 9.56. The highest BCUT2D eigenvalue weighted by atomic mass is 79.9. The van der Waals surface area contributed by atoms with E-state index in [0.717, 1.165) is 21.5 Å². The number of hydrogen-bond acceptors (Lipinski definition) is 4. The third-order valence-electron chi connectivity index (χ3n) is 4.28. The molecule has 0 aliphatic carbocycles. The van der Waals surface area contributed by atoms with Gasteiger partial charge in [-0.1, -0.05) is 34.1 Å². The van der Waals surface area contributed by atoms with Gasteiger partial charge < -0.3 is 14.0 Å². The highest BCUT2D eigenvalue weighted by molar-refractivity contribution is 9.10. The molecule has 0 amide bonds. The maximum Gasteiger partial charge on any atom is 0.344 e. The number of nitrogens with zero attached hydrogens (tertiary/aromatic N) is 1. The zero-order valence-electron chi connectivity index (χ0n) is 15.6. The minimum Gasteiger partial charge on any atom is -0.482 e. The first-order valence-electron chi connectivity index (χ1n) is 8.77. The number of aromatic nitrogens is 1. The Bertz CT molecular complexity index is 978. The first-order chi connectivity index (χ1) is 13.5. The fourth-order valence-electron chi connectivity index (χ4n) is 2.96. The Morgan fingerprint density at radius 2 is 1.64 bits per heavy atom. The Hall–Kier alpha value is -2.86. The fraction of sp³-hybridized carbons (Fsp3) is 0.182. The molecule has 2 aromatic carbocycles. The summed E-state index contributed by atoms with van der Waals surface area (Å²) in [7, 11) is 0. The Balaban J connectivity index is 1.62. The number of rotatable bonds is 7. The number of carbonyl (C=O) groups excluding carboxylic acids is 2. The largest absolute Gasteiger partial charge is 0.482 e. The van der Waals surface area contributed by atoms with Gasteiger partial charge in [0, 0.05) is 27.1 Å². The Kier molecular flexibility index (Phi) is 6.31. The lowest BCUT2D eigenvalue weighted by Gasteiger charge is -2.10. The zero-order chi connectivity index (χ0) is 20.1. The van der Waals surface area contributed by atoms with Crippen molar-refractivity contribution in [3.63, 3.8) is 0 Å². The molecule has 28 heavy (non-hydrogen) atoms. The number of carbonyl (C=O) groups is 2. The molecule has 6 heteroatoms. The molecule has 1 aromatic heterocycles. The van der Waals surface area contributed by atoms with Crippen LogP contribution in [0.1, 0.15) is 21.7 Å². The molecule has 0 spiro atoms. The average Bonchev–Trinajstić information content (AvgIpc) is 3.00. The summed E-state index contributed by atoms with van der Waals surface area (Å²) in [6.07, 6.45) is 0. The van der Waals surface area contributed by atoms with Crippen molar-refractivity contribution in [1.82, 2.24) is 4.57 Å². The Labute approximate surface area is 172 Å². The second-order valence-corrected chi connectivity index (χ2v) is 7.20. The highest BCUT2D eigenvalue weighted by Crippen LogP contribution is 2.22. The number of para-hydroxylation sites is 1. The van der Waals surface area contributed by atoms with Crippen LogP contribution in [-0.4, -0.2) is 29.5 Å². The summed E-state index contributed by atoms with van der Waals surface area (Å²) < 4.78 is 13.4. The number of halogens is 1. The third kappa shape index (κ3) is 4.70. The normalized spacial score (nSPS) is 10.5. The second kappa shape index (κ2) is 8.89. The van der Waals surface area contributed by atoms with Gasteiger partial charge in [0.2, 0.25) is 5.78 Å². The van der Waals surface area contributed by atoms with Gasteiger partial charge in [-0.3, -0.25) is 4.79 Å². The summed E-state index contributed by atoms with van der Waals surface area (Å²) >= 11 is 3.42. The van der Waals surface area contributed by atoms with E-state index >= 15 is 0 Å². The van der Waals surface area contributed by atoms with E-state index in [-0.39, 0.29) is 19.0 Å². The van der Waals surface area contributed by atoms with Crippen molar-refractivity contribution in [2.75, 3.05) is 13.2 Å². The maximum absolute atomic E-state index is 12.6. The van der Waals surface area contributed by atoms with Crippen molar-refractivity contribution in [2.24, 2.45) is 0 Å². The van der Waals surface area contributed by atoms with Gasteiger partial charge in [-0.2, -0.15) is 0 Å². The molecule has 0 N–H and O–H groups in total. The second-order valence-electron chi connectivity index (χ2n) is 6.28. The summed E-state index contributed by atoms with van der Waals surface area (Å²) in [6, 6.07) is 18.6. The predicted molar refractivity (Wildman–Crippen MR) is 110 cm³/mol. The molecule has 0 atom stereocenters. The molecule has 144 valence electrons. The monoisotopic (exact) mass is 441 g/mol. The van der Waals surface area contributed by atoms with Gasteiger partial charge in [-0.05, 0) is 56.3 Å². The number of esters is 1. The minimum absolute atomic E-state index is 0.241. The molecule has 0 fully saturated rings. The van der Waals surface area contributed by atoms with E-state index in [4.69, 9.17) is 9.47 Å². The van der Waals surface area contributed by atoms with E-state index in [0.29, 0.717) is 11.3 Å². The molecule has 5 nitrogen and oxygen atoms in total. The van der Waals surface area contributed by atoms with Crippen LogP contribution in [0.5, 0.6) is 5.75 Å². The molecular formula is C22H20BrNO4. The first kappa shape index (κ1) is 19.9. The molecular weight excluding hydrogens is 422 g/mol. The average molecular weight is 442 g/mol. The zero-order valence-corrected chi connectivity index (χ0v) is 17.2. The SMILES string of the molecule is Cc1cc(C(=O)COC(=O)COc2ccccc2)c(C)n1-c1ccc(Br)cc1. The van der Waals surface area contributed by atoms with Gasteiger partial charge in [0.1, 0.15) is 5.75 Å². The molecule has 0 aliphatic rings. The van der Waals surface area contributed by atoms with E-state index in [1.165, 1.54) is 0 Å². The Morgan fingerprint density at radius 1 is 0.964 bits per heavy atom. The number of ether oxygens (including phenoxy) is 2. The van der Waals surface area contributed by atoms with Crippen LogP contribution in [0.4, 0.5) is 0 Å². The lowest BCUT2D eigenvalue weighted by atomic mass is 10.1. The smallest absolute Gasteiger partial charge is 0.344 e. The highest BCUT2D eigenvalue weighted by Gasteiger charge is 2.18. The van der Waals surface area contributed by atoms with Crippen LogP contribution in [0.3, 0.4) is 0 Å². The topological polar surface area (TPSA) is 57.5 Å². The van der Waals surface area contributed by atoms with Crippen molar-refractivity contribution in [3.8, 4) is 11.4 Å². The standard InChI is InChI=1S/C22H20BrNO4/c1-15-12-20(16(2)24(15)18-10-8-17(23)9-11-18)21(25)13-28-22(26)14-27-19-6-4-3-5-7-19/h3-12H,13-14H2,1-2H3. The summed E-state index contributed by atoms with van der Waals surface area (Å²) in [4.78, 5) is 24.4.